The van der Waals surface area contributed by atoms with Crippen LogP contribution in [0, 0.1) is 0 Å². The maximum atomic E-state index is 10.7. The zero-order chi connectivity index (χ0) is 15.2. The van der Waals surface area contributed by atoms with Crippen molar-refractivity contribution in [3.05, 3.63) is 46.4 Å². The molecule has 2 rings (SSSR count). The van der Waals surface area contributed by atoms with Crippen LogP contribution in [0.3, 0.4) is 0 Å². The van der Waals surface area contributed by atoms with Crippen LogP contribution >= 0.6 is 11.3 Å². The van der Waals surface area contributed by atoms with E-state index in [-0.39, 0.29) is 0 Å². The third-order valence-electron chi connectivity index (χ3n) is 2.93. The summed E-state index contributed by atoms with van der Waals surface area (Å²) in [5, 5.41) is 11.9. The van der Waals surface area contributed by atoms with Crippen molar-refractivity contribution in [3.8, 4) is 5.75 Å². The Balaban J connectivity index is 1.88. The Morgan fingerprint density at radius 2 is 2.10 bits per heavy atom. The van der Waals surface area contributed by atoms with Crippen LogP contribution in [0.4, 0.5) is 0 Å². The average Bonchev–Trinajstić information content (AvgIpc) is 2.93. The van der Waals surface area contributed by atoms with E-state index >= 15 is 0 Å². The van der Waals surface area contributed by atoms with E-state index < -0.39 is 12.1 Å². The smallest absolute Gasteiger partial charge is 0.344 e. The first-order valence-corrected chi connectivity index (χ1v) is 7.48. The Morgan fingerprint density at radius 1 is 1.38 bits per heavy atom. The quantitative estimate of drug-likeness (QED) is 0.852. The zero-order valence-electron chi connectivity index (χ0n) is 12.0. The molecular weight excluding hydrogens is 288 g/mol. The van der Waals surface area contributed by atoms with Crippen molar-refractivity contribution in [1.29, 1.82) is 0 Å². The van der Waals surface area contributed by atoms with Crippen molar-refractivity contribution in [3.63, 3.8) is 0 Å². The Kier molecular flexibility index (Phi) is 5.30. The minimum absolute atomic E-state index is 0.566. The predicted octanol–water partition coefficient (Wildman–Crippen LogP) is 2.63. The van der Waals surface area contributed by atoms with Crippen molar-refractivity contribution < 1.29 is 14.6 Å². The standard InChI is InChI=1S/C15H18N2O3S/c1-11(15(18)19)20-13-5-3-12(4-6-13)9-17(2)10-14-16-7-8-21-14/h3-8,11H,9-10H2,1-2H3,(H,18,19). The van der Waals surface area contributed by atoms with Gasteiger partial charge in [-0.1, -0.05) is 12.1 Å². The SMILES string of the molecule is CC(Oc1ccc(CN(C)Cc2nccs2)cc1)C(=O)O. The number of carboxylic acid groups (broad SMARTS) is 1. The number of aliphatic carboxylic acids is 1. The average molecular weight is 306 g/mol. The van der Waals surface area contributed by atoms with E-state index in [1.165, 1.54) is 6.92 Å². The Hall–Kier alpha value is -1.92. The molecule has 0 radical (unpaired) electrons. The third-order valence-corrected chi connectivity index (χ3v) is 3.69. The van der Waals surface area contributed by atoms with Gasteiger partial charge < -0.3 is 9.84 Å². The maximum Gasteiger partial charge on any atom is 0.344 e. The van der Waals surface area contributed by atoms with Gasteiger partial charge in [-0.25, -0.2) is 9.78 Å². The number of benzene rings is 1. The second-order valence-electron chi connectivity index (χ2n) is 4.84. The highest BCUT2D eigenvalue weighted by Gasteiger charge is 2.12. The number of carbonyl (C=O) groups is 1. The van der Waals surface area contributed by atoms with Crippen LogP contribution in [0.15, 0.2) is 35.8 Å². The fourth-order valence-corrected chi connectivity index (χ4v) is 2.55. The van der Waals surface area contributed by atoms with Gasteiger partial charge >= 0.3 is 5.97 Å². The zero-order valence-corrected chi connectivity index (χ0v) is 12.8. The highest BCUT2D eigenvalue weighted by Crippen LogP contribution is 2.16. The number of rotatable bonds is 7. The number of nitrogens with zero attached hydrogens (tertiary/aromatic N) is 2. The molecule has 112 valence electrons. The summed E-state index contributed by atoms with van der Waals surface area (Å²) in [6, 6.07) is 7.49. The molecule has 0 saturated heterocycles. The number of ether oxygens (including phenoxy) is 1. The van der Waals surface area contributed by atoms with Crippen LogP contribution in [0.1, 0.15) is 17.5 Å². The molecule has 21 heavy (non-hydrogen) atoms. The highest BCUT2D eigenvalue weighted by atomic mass is 32.1. The summed E-state index contributed by atoms with van der Waals surface area (Å²) in [5.41, 5.74) is 1.14. The second kappa shape index (κ2) is 7.19. The summed E-state index contributed by atoms with van der Waals surface area (Å²) in [5.74, 6) is -0.404. The van der Waals surface area contributed by atoms with Crippen molar-refractivity contribution >= 4 is 17.3 Å². The first-order chi connectivity index (χ1) is 10.0. The maximum absolute atomic E-state index is 10.7. The van der Waals surface area contributed by atoms with Gasteiger partial charge in [0.2, 0.25) is 0 Å². The Labute approximate surface area is 127 Å². The summed E-state index contributed by atoms with van der Waals surface area (Å²) in [4.78, 5) is 17.2. The van der Waals surface area contributed by atoms with E-state index in [1.807, 2.05) is 30.8 Å². The topological polar surface area (TPSA) is 62.7 Å². The normalized spacial score (nSPS) is 12.3. The molecule has 1 unspecified atom stereocenters. The van der Waals surface area contributed by atoms with Gasteiger partial charge in [0.15, 0.2) is 6.10 Å². The molecule has 2 aromatic rings. The minimum Gasteiger partial charge on any atom is -0.479 e. The van der Waals surface area contributed by atoms with Gasteiger partial charge in [0, 0.05) is 18.1 Å². The van der Waals surface area contributed by atoms with Gasteiger partial charge in [-0.2, -0.15) is 0 Å². The molecule has 0 bridgehead atoms. The van der Waals surface area contributed by atoms with Crippen LogP contribution in [0.2, 0.25) is 0 Å². The summed E-state index contributed by atoms with van der Waals surface area (Å²) in [7, 11) is 2.04. The van der Waals surface area contributed by atoms with E-state index in [4.69, 9.17) is 9.84 Å². The van der Waals surface area contributed by atoms with Crippen LogP contribution in [0.25, 0.3) is 0 Å². The summed E-state index contributed by atoms with van der Waals surface area (Å²) >= 11 is 1.65. The summed E-state index contributed by atoms with van der Waals surface area (Å²) in [6.07, 6.45) is 0.965. The van der Waals surface area contributed by atoms with Gasteiger partial charge in [0.25, 0.3) is 0 Å². The van der Waals surface area contributed by atoms with Gasteiger partial charge in [-0.15, -0.1) is 11.3 Å². The van der Waals surface area contributed by atoms with Crippen molar-refractivity contribution in [2.75, 3.05) is 7.05 Å². The lowest BCUT2D eigenvalue weighted by Crippen LogP contribution is -2.22. The van der Waals surface area contributed by atoms with Crippen molar-refractivity contribution in [2.45, 2.75) is 26.1 Å². The lowest BCUT2D eigenvalue weighted by atomic mass is 10.2. The van der Waals surface area contributed by atoms with E-state index in [1.54, 1.807) is 23.5 Å². The molecule has 0 aliphatic rings. The molecule has 1 atom stereocenters. The van der Waals surface area contributed by atoms with Crippen molar-refractivity contribution in [1.82, 2.24) is 9.88 Å². The molecule has 0 amide bonds. The highest BCUT2D eigenvalue weighted by molar-refractivity contribution is 7.09. The van der Waals surface area contributed by atoms with Gasteiger partial charge in [-0.3, -0.25) is 4.90 Å². The number of aromatic nitrogens is 1. The third kappa shape index (κ3) is 4.84. The predicted molar refractivity (Wildman–Crippen MR) is 81.5 cm³/mol. The molecule has 1 aromatic carbocycles. The minimum atomic E-state index is -0.970. The molecule has 1 heterocycles. The lowest BCUT2D eigenvalue weighted by molar-refractivity contribution is -0.144. The molecule has 1 N–H and O–H groups in total. The van der Waals surface area contributed by atoms with Crippen LogP contribution in [-0.4, -0.2) is 34.1 Å². The molecule has 0 fully saturated rings. The number of hydrogen-bond donors (Lipinski definition) is 1. The first-order valence-electron chi connectivity index (χ1n) is 6.60. The van der Waals surface area contributed by atoms with E-state index in [0.717, 1.165) is 23.7 Å². The number of thiazole rings is 1. The first kappa shape index (κ1) is 15.5. The molecule has 0 saturated carbocycles. The number of carboxylic acids is 1. The van der Waals surface area contributed by atoms with Crippen LogP contribution < -0.4 is 4.74 Å². The summed E-state index contributed by atoms with van der Waals surface area (Å²) in [6.45, 7) is 3.12. The molecule has 0 spiro atoms. The lowest BCUT2D eigenvalue weighted by Gasteiger charge is -2.16. The van der Waals surface area contributed by atoms with E-state index in [0.29, 0.717) is 5.75 Å². The molecule has 0 aliphatic carbocycles. The van der Waals surface area contributed by atoms with E-state index in [9.17, 15) is 4.79 Å². The van der Waals surface area contributed by atoms with E-state index in [2.05, 4.69) is 9.88 Å². The summed E-state index contributed by atoms with van der Waals surface area (Å²) < 4.78 is 5.30. The second-order valence-corrected chi connectivity index (χ2v) is 5.82. The van der Waals surface area contributed by atoms with Crippen LogP contribution in [0.5, 0.6) is 5.75 Å². The van der Waals surface area contributed by atoms with Crippen molar-refractivity contribution in [2.24, 2.45) is 0 Å². The molecule has 5 nitrogen and oxygen atoms in total. The Morgan fingerprint density at radius 3 is 2.67 bits per heavy atom. The number of hydrogen-bond acceptors (Lipinski definition) is 5. The Bertz CT molecular complexity index is 569. The van der Waals surface area contributed by atoms with Gasteiger partial charge in [-0.05, 0) is 31.7 Å². The van der Waals surface area contributed by atoms with Gasteiger partial charge in [0.05, 0.1) is 6.54 Å². The van der Waals surface area contributed by atoms with Gasteiger partial charge in [0.1, 0.15) is 10.8 Å². The fraction of sp³-hybridized carbons (Fsp3) is 0.333. The van der Waals surface area contributed by atoms with Crippen LogP contribution in [-0.2, 0) is 17.9 Å². The molecule has 0 aliphatic heterocycles. The largest absolute Gasteiger partial charge is 0.479 e. The molecular formula is C15H18N2O3S. The molecule has 6 heteroatoms. The fourth-order valence-electron chi connectivity index (χ4n) is 1.86. The monoisotopic (exact) mass is 306 g/mol. The molecule has 1 aromatic heterocycles.